The van der Waals surface area contributed by atoms with Crippen LogP contribution >= 0.6 is 0 Å². The van der Waals surface area contributed by atoms with Crippen molar-refractivity contribution in [3.05, 3.63) is 65.2 Å². The van der Waals surface area contributed by atoms with E-state index in [1.807, 2.05) is 6.07 Å². The lowest BCUT2D eigenvalue weighted by Crippen LogP contribution is -2.14. The Bertz CT molecular complexity index is 511. The summed E-state index contributed by atoms with van der Waals surface area (Å²) in [7, 11) is 0. The van der Waals surface area contributed by atoms with Gasteiger partial charge in [-0.3, -0.25) is 4.98 Å². The van der Waals surface area contributed by atoms with Gasteiger partial charge in [0.05, 0.1) is 6.20 Å². The summed E-state index contributed by atoms with van der Waals surface area (Å²) in [5, 5.41) is 3.31. The Morgan fingerprint density at radius 3 is 2.61 bits per heavy atom. The molecule has 0 aliphatic heterocycles. The molecule has 94 valence electrons. The molecular formula is C15H17FN2. The Morgan fingerprint density at radius 1 is 1.11 bits per heavy atom. The molecule has 1 N–H and O–H groups in total. The average molecular weight is 244 g/mol. The van der Waals surface area contributed by atoms with Crippen LogP contribution in [0.5, 0.6) is 0 Å². The number of benzene rings is 1. The third-order valence-corrected chi connectivity index (χ3v) is 2.91. The summed E-state index contributed by atoms with van der Waals surface area (Å²) < 4.78 is 12.9. The number of halogens is 1. The second kappa shape index (κ2) is 6.26. The van der Waals surface area contributed by atoms with Crippen molar-refractivity contribution >= 4 is 0 Å². The molecule has 0 radical (unpaired) electrons. The van der Waals surface area contributed by atoms with Gasteiger partial charge in [0.1, 0.15) is 5.82 Å². The Balaban J connectivity index is 1.92. The lowest BCUT2D eigenvalue weighted by Gasteiger charge is -2.09. The molecule has 0 saturated heterocycles. The first-order valence-electron chi connectivity index (χ1n) is 6.16. The Kier molecular flexibility index (Phi) is 4.42. The standard InChI is InChI=1S/C15H17FN2/c1-2-13-5-3-4-6-14(13)10-17-8-12-7-15(16)11-18-9-12/h3-7,9,11,17H,2,8,10H2,1H3. The number of nitrogens with zero attached hydrogens (tertiary/aromatic N) is 1. The van der Waals surface area contributed by atoms with Gasteiger partial charge in [0.2, 0.25) is 0 Å². The second-order valence-electron chi connectivity index (χ2n) is 4.24. The van der Waals surface area contributed by atoms with Crippen LogP contribution in [0.2, 0.25) is 0 Å². The summed E-state index contributed by atoms with van der Waals surface area (Å²) >= 11 is 0. The number of aromatic nitrogens is 1. The van der Waals surface area contributed by atoms with Gasteiger partial charge in [0, 0.05) is 19.3 Å². The van der Waals surface area contributed by atoms with Crippen molar-refractivity contribution in [3.8, 4) is 0 Å². The topological polar surface area (TPSA) is 24.9 Å². The normalized spacial score (nSPS) is 10.6. The van der Waals surface area contributed by atoms with Crippen LogP contribution in [0.25, 0.3) is 0 Å². The van der Waals surface area contributed by atoms with E-state index >= 15 is 0 Å². The minimum absolute atomic E-state index is 0.289. The summed E-state index contributed by atoms with van der Waals surface area (Å²) in [6.07, 6.45) is 3.93. The molecule has 0 fully saturated rings. The summed E-state index contributed by atoms with van der Waals surface area (Å²) in [4.78, 5) is 3.83. The maximum atomic E-state index is 12.9. The fourth-order valence-electron chi connectivity index (χ4n) is 1.97. The number of hydrogen-bond donors (Lipinski definition) is 1. The minimum atomic E-state index is -0.289. The summed E-state index contributed by atoms with van der Waals surface area (Å²) in [6, 6.07) is 9.86. The van der Waals surface area contributed by atoms with E-state index in [0.717, 1.165) is 18.5 Å². The predicted molar refractivity (Wildman–Crippen MR) is 70.6 cm³/mol. The molecule has 2 aromatic rings. The van der Waals surface area contributed by atoms with Crippen LogP contribution in [0.3, 0.4) is 0 Å². The van der Waals surface area contributed by atoms with Gasteiger partial charge in [-0.05, 0) is 29.2 Å². The van der Waals surface area contributed by atoms with Crippen LogP contribution in [0.1, 0.15) is 23.6 Å². The zero-order chi connectivity index (χ0) is 12.8. The third kappa shape index (κ3) is 3.37. The summed E-state index contributed by atoms with van der Waals surface area (Å²) in [5.41, 5.74) is 3.51. The molecule has 0 bridgehead atoms. The quantitative estimate of drug-likeness (QED) is 0.874. The lowest BCUT2D eigenvalue weighted by atomic mass is 10.1. The molecule has 0 amide bonds. The molecule has 0 saturated carbocycles. The first-order valence-corrected chi connectivity index (χ1v) is 6.16. The average Bonchev–Trinajstić information content (AvgIpc) is 2.39. The monoisotopic (exact) mass is 244 g/mol. The van der Waals surface area contributed by atoms with Crippen LogP contribution in [0.15, 0.2) is 42.7 Å². The number of nitrogens with one attached hydrogen (secondary N) is 1. The van der Waals surface area contributed by atoms with Gasteiger partial charge in [-0.25, -0.2) is 4.39 Å². The number of aryl methyl sites for hydroxylation is 1. The zero-order valence-electron chi connectivity index (χ0n) is 10.5. The highest BCUT2D eigenvalue weighted by Crippen LogP contribution is 2.09. The van der Waals surface area contributed by atoms with Crippen molar-refractivity contribution in [1.82, 2.24) is 10.3 Å². The number of rotatable bonds is 5. The van der Waals surface area contributed by atoms with Gasteiger partial charge < -0.3 is 5.32 Å². The van der Waals surface area contributed by atoms with Gasteiger partial charge in [-0.15, -0.1) is 0 Å². The van der Waals surface area contributed by atoms with Crippen LogP contribution in [0.4, 0.5) is 4.39 Å². The van der Waals surface area contributed by atoms with E-state index in [2.05, 4.69) is 35.4 Å². The molecule has 1 aromatic carbocycles. The van der Waals surface area contributed by atoms with Crippen molar-refractivity contribution in [3.63, 3.8) is 0 Å². The van der Waals surface area contributed by atoms with Crippen molar-refractivity contribution in [2.24, 2.45) is 0 Å². The van der Waals surface area contributed by atoms with Crippen LogP contribution in [-0.4, -0.2) is 4.98 Å². The highest BCUT2D eigenvalue weighted by Gasteiger charge is 2.00. The van der Waals surface area contributed by atoms with Crippen molar-refractivity contribution in [2.75, 3.05) is 0 Å². The molecule has 0 unspecified atom stereocenters. The van der Waals surface area contributed by atoms with E-state index in [1.54, 1.807) is 6.20 Å². The molecule has 18 heavy (non-hydrogen) atoms. The molecule has 0 atom stereocenters. The molecule has 0 spiro atoms. The first kappa shape index (κ1) is 12.7. The zero-order valence-corrected chi connectivity index (χ0v) is 10.5. The molecule has 1 heterocycles. The summed E-state index contributed by atoms with van der Waals surface area (Å²) in [5.74, 6) is -0.289. The van der Waals surface area contributed by atoms with Crippen LogP contribution < -0.4 is 5.32 Å². The van der Waals surface area contributed by atoms with E-state index in [1.165, 1.54) is 23.4 Å². The molecular weight excluding hydrogens is 227 g/mol. The second-order valence-corrected chi connectivity index (χ2v) is 4.24. The van der Waals surface area contributed by atoms with Gasteiger partial charge in [0.15, 0.2) is 0 Å². The molecule has 2 nitrogen and oxygen atoms in total. The van der Waals surface area contributed by atoms with Crippen molar-refractivity contribution in [1.29, 1.82) is 0 Å². The minimum Gasteiger partial charge on any atom is -0.309 e. The fourth-order valence-corrected chi connectivity index (χ4v) is 1.97. The van der Waals surface area contributed by atoms with E-state index < -0.39 is 0 Å². The maximum absolute atomic E-state index is 12.9. The van der Waals surface area contributed by atoms with Gasteiger partial charge in [-0.1, -0.05) is 31.2 Å². The fraction of sp³-hybridized carbons (Fsp3) is 0.267. The number of pyridine rings is 1. The maximum Gasteiger partial charge on any atom is 0.141 e. The Hall–Kier alpha value is -1.74. The number of hydrogen-bond acceptors (Lipinski definition) is 2. The summed E-state index contributed by atoms with van der Waals surface area (Å²) in [6.45, 7) is 3.57. The van der Waals surface area contributed by atoms with E-state index in [9.17, 15) is 4.39 Å². The highest BCUT2D eigenvalue weighted by atomic mass is 19.1. The van der Waals surface area contributed by atoms with Gasteiger partial charge in [-0.2, -0.15) is 0 Å². The SMILES string of the molecule is CCc1ccccc1CNCc1cncc(F)c1. The van der Waals surface area contributed by atoms with E-state index in [4.69, 9.17) is 0 Å². The molecule has 0 aliphatic carbocycles. The van der Waals surface area contributed by atoms with Gasteiger partial charge in [0.25, 0.3) is 0 Å². The van der Waals surface area contributed by atoms with Gasteiger partial charge >= 0.3 is 0 Å². The Labute approximate surface area is 107 Å². The van der Waals surface area contributed by atoms with E-state index in [-0.39, 0.29) is 5.82 Å². The molecule has 0 aliphatic rings. The smallest absolute Gasteiger partial charge is 0.141 e. The molecule has 3 heteroatoms. The largest absolute Gasteiger partial charge is 0.309 e. The predicted octanol–water partition coefficient (Wildman–Crippen LogP) is 3.07. The van der Waals surface area contributed by atoms with Crippen LogP contribution in [0, 0.1) is 5.82 Å². The highest BCUT2D eigenvalue weighted by molar-refractivity contribution is 5.26. The Morgan fingerprint density at radius 2 is 1.89 bits per heavy atom. The van der Waals surface area contributed by atoms with E-state index in [0.29, 0.717) is 6.54 Å². The first-order chi connectivity index (χ1) is 8.79. The lowest BCUT2D eigenvalue weighted by molar-refractivity contribution is 0.612. The van der Waals surface area contributed by atoms with Crippen molar-refractivity contribution in [2.45, 2.75) is 26.4 Å². The molecule has 2 rings (SSSR count). The molecule has 1 aromatic heterocycles. The van der Waals surface area contributed by atoms with Crippen molar-refractivity contribution < 1.29 is 4.39 Å². The third-order valence-electron chi connectivity index (χ3n) is 2.91. The van der Waals surface area contributed by atoms with Crippen LogP contribution in [-0.2, 0) is 19.5 Å².